The molecule has 0 amide bonds. The van der Waals surface area contributed by atoms with E-state index in [2.05, 4.69) is 40.5 Å². The summed E-state index contributed by atoms with van der Waals surface area (Å²) in [7, 11) is 0. The fraction of sp³-hybridized carbons (Fsp3) is 0.667. The molecule has 1 aromatic carbocycles. The van der Waals surface area contributed by atoms with E-state index in [0.717, 1.165) is 35.7 Å². The van der Waals surface area contributed by atoms with Crippen molar-refractivity contribution < 1.29 is 14.3 Å². The number of rotatable bonds is 10. The molecule has 0 N–H and O–H groups in total. The van der Waals surface area contributed by atoms with Crippen LogP contribution in [0.2, 0.25) is 13.4 Å². The Balaban J connectivity index is 2.05. The van der Waals surface area contributed by atoms with Crippen molar-refractivity contribution >= 4 is 40.5 Å². The first-order valence-electron chi connectivity index (χ1n) is 11.0. The molecule has 0 bridgehead atoms. The molecule has 3 nitrogen and oxygen atoms in total. The molecule has 1 saturated carbocycles. The zero-order chi connectivity index (χ0) is 21.4. The molecule has 1 fully saturated rings. The van der Waals surface area contributed by atoms with Crippen LogP contribution in [0, 0.1) is 17.8 Å². The number of halogens is 1. The molecular formula is C24H37BrO3Te. The van der Waals surface area contributed by atoms with Crippen molar-refractivity contribution in [2.24, 2.45) is 17.8 Å². The van der Waals surface area contributed by atoms with Gasteiger partial charge >= 0.3 is 188 Å². The van der Waals surface area contributed by atoms with Gasteiger partial charge in [0.1, 0.15) is 0 Å². The molecule has 2 rings (SSSR count). The van der Waals surface area contributed by atoms with Crippen molar-refractivity contribution in [3.63, 3.8) is 0 Å². The molecule has 0 aromatic heterocycles. The van der Waals surface area contributed by atoms with Gasteiger partial charge in [-0.3, -0.25) is 0 Å². The van der Waals surface area contributed by atoms with Gasteiger partial charge in [0.15, 0.2) is 0 Å². The average Bonchev–Trinajstić information content (AvgIpc) is 2.66. The van der Waals surface area contributed by atoms with Crippen LogP contribution in [0.1, 0.15) is 70.2 Å². The molecule has 1 unspecified atom stereocenters. The van der Waals surface area contributed by atoms with Crippen LogP contribution >= 0.6 is 12.8 Å². The molecule has 164 valence electrons. The molecule has 4 atom stereocenters. The van der Waals surface area contributed by atoms with Crippen molar-refractivity contribution in [3.05, 3.63) is 35.9 Å². The molecule has 5 heteroatoms. The molecule has 0 radical (unpaired) electrons. The normalized spacial score (nSPS) is 25.2. The minimum absolute atomic E-state index is 0.0295. The number of hydrogen-bond donors (Lipinski definition) is 0. The molecule has 0 aliphatic heterocycles. The molecule has 1 aromatic rings. The van der Waals surface area contributed by atoms with E-state index in [1.807, 2.05) is 30.3 Å². The molecule has 1 aliphatic rings. The first-order valence-corrected chi connectivity index (χ1v) is 21.1. The van der Waals surface area contributed by atoms with E-state index in [0.29, 0.717) is 26.7 Å². The maximum absolute atomic E-state index is 13.0. The number of esters is 1. The molecular weight excluding hydrogens is 544 g/mol. The summed E-state index contributed by atoms with van der Waals surface area (Å²) < 4.78 is 7.96. The number of carbonyl (C=O) groups excluding carboxylic acids is 2. The van der Waals surface area contributed by atoms with E-state index in [1.165, 1.54) is 6.42 Å². The molecule has 0 saturated heterocycles. The number of carbonyl (C=O) groups is 2. The Morgan fingerprint density at radius 1 is 1.17 bits per heavy atom. The summed E-state index contributed by atoms with van der Waals surface area (Å²) in [5.41, 5.74) is 0.744. The van der Waals surface area contributed by atoms with Crippen LogP contribution in [0.15, 0.2) is 30.3 Å². The Morgan fingerprint density at radius 2 is 1.86 bits per heavy atom. The topological polar surface area (TPSA) is 43.4 Å². The van der Waals surface area contributed by atoms with E-state index in [4.69, 9.17) is 4.74 Å². The maximum atomic E-state index is 13.0. The predicted molar refractivity (Wildman–Crippen MR) is 126 cm³/mol. The zero-order valence-electron chi connectivity index (χ0n) is 18.4. The first kappa shape index (κ1) is 24.9. The summed E-state index contributed by atoms with van der Waals surface area (Å²) in [6.45, 7) is 8.87. The minimum atomic E-state index is -2.87. The summed E-state index contributed by atoms with van der Waals surface area (Å²) in [6, 6.07) is 9.45. The standard InChI is InChI=1S/C24H37BrO3Te/c1-5-6-14-29(25,16-22(26)20-10-8-7-9-11-20)17-24(27)28-23-15-19(4)12-13-21(23)18(2)3/h7-11,18-19,21,23H,5-6,12-17H2,1-4H3/t19-,21+,23-/m1/s1. The summed E-state index contributed by atoms with van der Waals surface area (Å²) in [5, 5.41) is 0. The summed E-state index contributed by atoms with van der Waals surface area (Å²) in [6.07, 6.45) is 5.48. The Bertz CT molecular complexity index is 663. The summed E-state index contributed by atoms with van der Waals surface area (Å²) in [4.78, 5) is 25.8. The van der Waals surface area contributed by atoms with Crippen LogP contribution in [0.4, 0.5) is 0 Å². The van der Waals surface area contributed by atoms with E-state index in [1.54, 1.807) is 0 Å². The molecule has 1 aliphatic carbocycles. The number of ketones is 1. The van der Waals surface area contributed by atoms with Gasteiger partial charge in [-0.05, 0) is 0 Å². The summed E-state index contributed by atoms with van der Waals surface area (Å²) in [5.74, 6) is 1.64. The second-order valence-corrected chi connectivity index (χ2v) is 26.3. The fourth-order valence-corrected chi connectivity index (χ4v) is 15.0. The molecule has 0 spiro atoms. The van der Waals surface area contributed by atoms with Gasteiger partial charge in [0, 0.05) is 0 Å². The Morgan fingerprint density at radius 3 is 2.48 bits per heavy atom. The number of Topliss-reactive ketones (excluding diaryl/α,β-unsaturated/α-hetero) is 1. The third-order valence-corrected chi connectivity index (χ3v) is 18.5. The fourth-order valence-electron chi connectivity index (χ4n) is 4.20. The van der Waals surface area contributed by atoms with Gasteiger partial charge in [0.25, 0.3) is 0 Å². The quantitative estimate of drug-likeness (QED) is 0.170. The van der Waals surface area contributed by atoms with Crippen LogP contribution in [0.3, 0.4) is 0 Å². The van der Waals surface area contributed by atoms with E-state index < -0.39 is 16.0 Å². The van der Waals surface area contributed by atoms with Gasteiger partial charge in [0.05, 0.1) is 0 Å². The van der Waals surface area contributed by atoms with E-state index in [-0.39, 0.29) is 17.9 Å². The third-order valence-electron chi connectivity index (χ3n) is 5.97. The first-order chi connectivity index (χ1) is 13.7. The van der Waals surface area contributed by atoms with Crippen molar-refractivity contribution in [3.8, 4) is 0 Å². The van der Waals surface area contributed by atoms with Gasteiger partial charge in [-0.15, -0.1) is 0 Å². The van der Waals surface area contributed by atoms with Crippen LogP contribution in [-0.2, 0) is 9.53 Å². The number of unbranched alkanes of at least 4 members (excludes halogenated alkanes) is 1. The second kappa shape index (κ2) is 11.9. The Labute approximate surface area is 187 Å². The van der Waals surface area contributed by atoms with Crippen LogP contribution in [0.25, 0.3) is 0 Å². The second-order valence-electron chi connectivity index (χ2n) is 8.93. The Kier molecular flexibility index (Phi) is 10.2. The molecule has 29 heavy (non-hydrogen) atoms. The number of benzene rings is 1. The van der Waals surface area contributed by atoms with Gasteiger partial charge in [-0.2, -0.15) is 0 Å². The van der Waals surface area contributed by atoms with Crippen molar-refractivity contribution in [1.82, 2.24) is 0 Å². The predicted octanol–water partition coefficient (Wildman–Crippen LogP) is 7.01. The molecule has 0 heterocycles. The third kappa shape index (κ3) is 8.00. The van der Waals surface area contributed by atoms with Gasteiger partial charge < -0.3 is 0 Å². The van der Waals surface area contributed by atoms with Gasteiger partial charge in [-0.1, -0.05) is 0 Å². The van der Waals surface area contributed by atoms with Crippen molar-refractivity contribution in [1.29, 1.82) is 0 Å². The van der Waals surface area contributed by atoms with Crippen LogP contribution in [-0.4, -0.2) is 33.8 Å². The van der Waals surface area contributed by atoms with E-state index >= 15 is 0 Å². The van der Waals surface area contributed by atoms with Gasteiger partial charge in [-0.25, -0.2) is 0 Å². The van der Waals surface area contributed by atoms with Crippen LogP contribution < -0.4 is 0 Å². The van der Waals surface area contributed by atoms with Crippen LogP contribution in [0.5, 0.6) is 0 Å². The van der Waals surface area contributed by atoms with E-state index in [9.17, 15) is 9.59 Å². The average molecular weight is 581 g/mol. The Hall–Kier alpha value is -0.370. The van der Waals surface area contributed by atoms with Crippen molar-refractivity contribution in [2.75, 3.05) is 0 Å². The van der Waals surface area contributed by atoms with Crippen molar-refractivity contribution in [2.45, 2.75) is 79.3 Å². The zero-order valence-corrected chi connectivity index (χ0v) is 22.3. The monoisotopic (exact) mass is 582 g/mol. The number of hydrogen-bond acceptors (Lipinski definition) is 3. The SMILES string of the molecule is CCCC[Te](Br)(CC(=O)O[C@@H]1C[C@H](C)CC[C@H]1C(C)C)CC(=O)c1ccccc1. The number of ether oxygens (including phenoxy) is 1. The van der Waals surface area contributed by atoms with Gasteiger partial charge in [0.2, 0.25) is 0 Å². The summed E-state index contributed by atoms with van der Waals surface area (Å²) >= 11 is 1.11.